The number of aromatic nitrogens is 2. The van der Waals surface area contributed by atoms with Crippen LogP contribution in [0.1, 0.15) is 10.5 Å². The summed E-state index contributed by atoms with van der Waals surface area (Å²) in [6, 6.07) is 7.62. The molecule has 0 radical (unpaired) electrons. The van der Waals surface area contributed by atoms with E-state index in [1.807, 2.05) is 24.3 Å². The molecule has 1 amide bonds. The standard InChI is InChI=1S/C13H11N3O2S2/c1-18-7-3-2-4-8(5-7)20-11-9(12(14)17)16-13-10(11)15-6-19-13/h2-6,16H,1H3,(H2,14,17). The van der Waals surface area contributed by atoms with Gasteiger partial charge in [0.2, 0.25) is 0 Å². The molecular formula is C13H11N3O2S2. The number of hydrogen-bond acceptors (Lipinski definition) is 5. The molecule has 0 saturated carbocycles. The largest absolute Gasteiger partial charge is 0.497 e. The van der Waals surface area contributed by atoms with Crippen LogP contribution in [0.4, 0.5) is 0 Å². The predicted octanol–water partition coefficient (Wildman–Crippen LogP) is 2.88. The van der Waals surface area contributed by atoms with Gasteiger partial charge >= 0.3 is 0 Å². The molecule has 3 aromatic rings. The highest BCUT2D eigenvalue weighted by Crippen LogP contribution is 2.38. The highest BCUT2D eigenvalue weighted by atomic mass is 32.2. The molecule has 102 valence electrons. The SMILES string of the molecule is COc1cccc(Sc2c(C(N)=O)[nH]c3scnc23)c1. The molecule has 1 aromatic carbocycles. The third-order valence-corrected chi connectivity index (χ3v) is 4.59. The Balaban J connectivity index is 2.06. The van der Waals surface area contributed by atoms with E-state index in [1.165, 1.54) is 23.1 Å². The van der Waals surface area contributed by atoms with Crippen LogP contribution in [-0.4, -0.2) is 23.0 Å². The van der Waals surface area contributed by atoms with Gasteiger partial charge in [0.25, 0.3) is 5.91 Å². The van der Waals surface area contributed by atoms with Crippen LogP contribution in [0.2, 0.25) is 0 Å². The molecule has 0 spiro atoms. The number of thiazole rings is 1. The van der Waals surface area contributed by atoms with Crippen LogP contribution in [0.25, 0.3) is 10.3 Å². The van der Waals surface area contributed by atoms with Crippen LogP contribution in [0.5, 0.6) is 5.75 Å². The summed E-state index contributed by atoms with van der Waals surface area (Å²) in [4.78, 5) is 21.4. The highest BCUT2D eigenvalue weighted by molar-refractivity contribution is 7.99. The van der Waals surface area contributed by atoms with Crippen LogP contribution in [0, 0.1) is 0 Å². The second-order valence-corrected chi connectivity index (χ2v) is 5.94. The van der Waals surface area contributed by atoms with Crippen molar-refractivity contribution < 1.29 is 9.53 Å². The molecular weight excluding hydrogens is 294 g/mol. The minimum atomic E-state index is -0.486. The monoisotopic (exact) mass is 305 g/mol. The number of hydrogen-bond donors (Lipinski definition) is 2. The number of carbonyl (C=O) groups is 1. The van der Waals surface area contributed by atoms with Crippen LogP contribution >= 0.6 is 23.1 Å². The van der Waals surface area contributed by atoms with Gasteiger partial charge in [0.15, 0.2) is 0 Å². The third kappa shape index (κ3) is 2.25. The molecule has 3 rings (SSSR count). The third-order valence-electron chi connectivity index (χ3n) is 2.76. The number of H-pyrrole nitrogens is 1. The molecule has 0 aliphatic carbocycles. The highest BCUT2D eigenvalue weighted by Gasteiger charge is 2.18. The fourth-order valence-electron chi connectivity index (χ4n) is 1.84. The summed E-state index contributed by atoms with van der Waals surface area (Å²) in [5.74, 6) is 0.279. The zero-order valence-corrected chi connectivity index (χ0v) is 12.2. The summed E-state index contributed by atoms with van der Waals surface area (Å²) in [7, 11) is 1.62. The number of nitrogens with zero attached hydrogens (tertiary/aromatic N) is 1. The van der Waals surface area contributed by atoms with Crippen LogP contribution < -0.4 is 10.5 Å². The summed E-state index contributed by atoms with van der Waals surface area (Å²) < 4.78 is 5.20. The lowest BCUT2D eigenvalue weighted by molar-refractivity contribution is 0.0993. The zero-order chi connectivity index (χ0) is 14.1. The molecule has 2 heterocycles. The number of primary amides is 1. The number of carbonyl (C=O) groups excluding carboxylic acids is 1. The van der Waals surface area contributed by atoms with Crippen molar-refractivity contribution in [1.29, 1.82) is 0 Å². The van der Waals surface area contributed by atoms with Crippen molar-refractivity contribution in [2.45, 2.75) is 9.79 Å². The first kappa shape index (κ1) is 13.0. The number of ether oxygens (including phenoxy) is 1. The van der Waals surface area contributed by atoms with Gasteiger partial charge in [-0.3, -0.25) is 4.79 Å². The van der Waals surface area contributed by atoms with Gasteiger partial charge in [-0.2, -0.15) is 0 Å². The number of nitrogens with one attached hydrogen (secondary N) is 1. The van der Waals surface area contributed by atoms with Crippen molar-refractivity contribution in [2.24, 2.45) is 5.73 Å². The van der Waals surface area contributed by atoms with E-state index in [0.29, 0.717) is 5.69 Å². The van der Waals surface area contributed by atoms with Crippen molar-refractivity contribution in [3.05, 3.63) is 35.5 Å². The summed E-state index contributed by atoms with van der Waals surface area (Å²) in [5, 5.41) is 0. The lowest BCUT2D eigenvalue weighted by Gasteiger charge is -2.04. The number of fused-ring (bicyclic) bond motifs is 1. The van der Waals surface area contributed by atoms with E-state index < -0.39 is 5.91 Å². The van der Waals surface area contributed by atoms with Gasteiger partial charge < -0.3 is 15.5 Å². The molecule has 3 N–H and O–H groups in total. The first-order valence-electron chi connectivity index (χ1n) is 5.76. The van der Waals surface area contributed by atoms with Crippen LogP contribution in [0.3, 0.4) is 0 Å². The van der Waals surface area contributed by atoms with E-state index in [4.69, 9.17) is 10.5 Å². The molecule has 7 heteroatoms. The lowest BCUT2D eigenvalue weighted by Crippen LogP contribution is -2.12. The average molecular weight is 305 g/mol. The van der Waals surface area contributed by atoms with Gasteiger partial charge in [-0.15, -0.1) is 11.3 Å². The fraction of sp³-hybridized carbons (Fsp3) is 0.0769. The molecule has 20 heavy (non-hydrogen) atoms. The Morgan fingerprint density at radius 1 is 1.50 bits per heavy atom. The molecule has 0 aliphatic rings. The van der Waals surface area contributed by atoms with E-state index in [-0.39, 0.29) is 0 Å². The second-order valence-electron chi connectivity index (χ2n) is 4.00. The fourth-order valence-corrected chi connectivity index (χ4v) is 3.66. The normalized spacial score (nSPS) is 10.8. The smallest absolute Gasteiger partial charge is 0.266 e. The van der Waals surface area contributed by atoms with E-state index >= 15 is 0 Å². The van der Waals surface area contributed by atoms with E-state index in [1.54, 1.807) is 12.6 Å². The Morgan fingerprint density at radius 3 is 3.10 bits per heavy atom. The average Bonchev–Trinajstić information content (AvgIpc) is 3.01. The van der Waals surface area contributed by atoms with Crippen LogP contribution in [0.15, 0.2) is 39.6 Å². The number of methoxy groups -OCH3 is 1. The lowest BCUT2D eigenvalue weighted by atomic mass is 10.3. The minimum Gasteiger partial charge on any atom is -0.497 e. The summed E-state index contributed by atoms with van der Waals surface area (Å²) in [6.45, 7) is 0. The van der Waals surface area contributed by atoms with Gasteiger partial charge in [0.05, 0.1) is 17.5 Å². The molecule has 2 aromatic heterocycles. The molecule has 0 bridgehead atoms. The Hall–Kier alpha value is -1.99. The van der Waals surface area contributed by atoms with Crippen molar-refractivity contribution in [3.63, 3.8) is 0 Å². The van der Waals surface area contributed by atoms with E-state index in [2.05, 4.69) is 9.97 Å². The van der Waals surface area contributed by atoms with Gasteiger partial charge in [-0.05, 0) is 18.2 Å². The summed E-state index contributed by atoms with van der Waals surface area (Å²) >= 11 is 2.89. The Labute approximate surface area is 123 Å². The molecule has 0 atom stereocenters. The second kappa shape index (κ2) is 5.18. The topological polar surface area (TPSA) is 81.0 Å². The molecule has 0 unspecified atom stereocenters. The number of aromatic amines is 1. The van der Waals surface area contributed by atoms with Gasteiger partial charge in [0.1, 0.15) is 21.8 Å². The maximum atomic E-state index is 11.5. The molecule has 0 fully saturated rings. The van der Waals surface area contributed by atoms with Gasteiger partial charge in [-0.1, -0.05) is 17.8 Å². The van der Waals surface area contributed by atoms with Crippen molar-refractivity contribution >= 4 is 39.4 Å². The molecule has 0 aliphatic heterocycles. The number of benzene rings is 1. The maximum Gasteiger partial charge on any atom is 0.266 e. The summed E-state index contributed by atoms with van der Waals surface area (Å²) in [6.07, 6.45) is 0. The van der Waals surface area contributed by atoms with Gasteiger partial charge in [-0.25, -0.2) is 4.98 Å². The summed E-state index contributed by atoms with van der Waals surface area (Å²) in [5.41, 5.74) is 8.32. The predicted molar refractivity (Wildman–Crippen MR) is 79.6 cm³/mol. The molecule has 0 saturated heterocycles. The Morgan fingerprint density at radius 2 is 2.35 bits per heavy atom. The van der Waals surface area contributed by atoms with Crippen molar-refractivity contribution in [1.82, 2.24) is 9.97 Å². The number of rotatable bonds is 4. The zero-order valence-electron chi connectivity index (χ0n) is 10.5. The first-order chi connectivity index (χ1) is 9.69. The Bertz CT molecular complexity index is 779. The van der Waals surface area contributed by atoms with Crippen LogP contribution in [-0.2, 0) is 0 Å². The van der Waals surface area contributed by atoms with Crippen molar-refractivity contribution in [2.75, 3.05) is 7.11 Å². The minimum absolute atomic E-state index is 0.396. The quantitative estimate of drug-likeness (QED) is 0.776. The van der Waals surface area contributed by atoms with E-state index in [0.717, 1.165) is 25.9 Å². The molecule has 5 nitrogen and oxygen atoms in total. The Kier molecular flexibility index (Phi) is 3.37. The van der Waals surface area contributed by atoms with E-state index in [9.17, 15) is 4.79 Å². The number of amides is 1. The maximum absolute atomic E-state index is 11.5. The van der Waals surface area contributed by atoms with Crippen molar-refractivity contribution in [3.8, 4) is 5.75 Å². The number of nitrogens with two attached hydrogens (primary N) is 1. The van der Waals surface area contributed by atoms with Gasteiger partial charge in [0, 0.05) is 4.90 Å². The first-order valence-corrected chi connectivity index (χ1v) is 7.45.